The Bertz CT molecular complexity index is 909. The zero-order valence-electron chi connectivity index (χ0n) is 20.7. The van der Waals surface area contributed by atoms with Crippen molar-refractivity contribution >= 4 is 12.1 Å². The summed E-state index contributed by atoms with van der Waals surface area (Å²) in [4.78, 5) is 25.2. The molecule has 184 valence electrons. The number of hydrogen-bond donors (Lipinski definition) is 1. The number of amides is 1. The summed E-state index contributed by atoms with van der Waals surface area (Å²) < 4.78 is 17.2. The molecule has 0 saturated carbocycles. The minimum atomic E-state index is -0.914. The summed E-state index contributed by atoms with van der Waals surface area (Å²) >= 11 is 0. The van der Waals surface area contributed by atoms with Gasteiger partial charge in [-0.15, -0.1) is 0 Å². The fourth-order valence-electron chi connectivity index (χ4n) is 4.39. The summed E-state index contributed by atoms with van der Waals surface area (Å²) in [6.07, 6.45) is 1.59. The molecule has 0 spiro atoms. The average Bonchev–Trinajstić information content (AvgIpc) is 2.82. The van der Waals surface area contributed by atoms with Crippen molar-refractivity contribution in [2.45, 2.75) is 64.7 Å². The minimum Gasteiger partial charge on any atom is -0.461 e. The van der Waals surface area contributed by atoms with Gasteiger partial charge in [0.2, 0.25) is 0 Å². The van der Waals surface area contributed by atoms with E-state index in [4.69, 9.17) is 14.2 Å². The van der Waals surface area contributed by atoms with Gasteiger partial charge >= 0.3 is 12.1 Å². The Morgan fingerprint density at radius 1 is 1.00 bits per heavy atom. The van der Waals surface area contributed by atoms with Crippen LogP contribution >= 0.6 is 0 Å². The third-order valence-electron chi connectivity index (χ3n) is 6.05. The topological polar surface area (TPSA) is 73.9 Å². The molecule has 1 aliphatic heterocycles. The Kier molecular flexibility index (Phi) is 9.11. The zero-order valence-corrected chi connectivity index (χ0v) is 20.7. The second-order valence-corrected chi connectivity index (χ2v) is 10.0. The van der Waals surface area contributed by atoms with Crippen molar-refractivity contribution < 1.29 is 23.8 Å². The van der Waals surface area contributed by atoms with E-state index in [1.807, 2.05) is 43.3 Å². The highest BCUT2D eigenvalue weighted by Crippen LogP contribution is 2.29. The molecular weight excluding hydrogens is 430 g/mol. The fraction of sp³-hybridized carbons (Fsp3) is 0.500. The molecule has 1 aliphatic rings. The Morgan fingerprint density at radius 3 is 2.24 bits per heavy atom. The largest absolute Gasteiger partial charge is 0.461 e. The number of carbonyl (C=O) groups is 2. The maximum atomic E-state index is 12.9. The van der Waals surface area contributed by atoms with Crippen molar-refractivity contribution in [3.63, 3.8) is 0 Å². The summed E-state index contributed by atoms with van der Waals surface area (Å²) in [6.45, 7) is 7.79. The Labute approximate surface area is 203 Å². The average molecular weight is 468 g/mol. The van der Waals surface area contributed by atoms with Gasteiger partial charge in [0, 0.05) is 5.92 Å². The van der Waals surface area contributed by atoms with Crippen LogP contribution in [0.5, 0.6) is 0 Å². The van der Waals surface area contributed by atoms with Gasteiger partial charge in [0.25, 0.3) is 0 Å². The zero-order chi connectivity index (χ0) is 24.6. The smallest absolute Gasteiger partial charge is 0.408 e. The van der Waals surface area contributed by atoms with Crippen LogP contribution in [0.15, 0.2) is 60.7 Å². The predicted octanol–water partition coefficient (Wildman–Crippen LogP) is 4.95. The summed E-state index contributed by atoms with van der Waals surface area (Å²) in [5, 5.41) is 2.62. The van der Waals surface area contributed by atoms with Crippen molar-refractivity contribution in [2.24, 2.45) is 11.8 Å². The van der Waals surface area contributed by atoms with Crippen molar-refractivity contribution in [1.29, 1.82) is 0 Å². The molecule has 4 atom stereocenters. The maximum absolute atomic E-state index is 12.9. The van der Waals surface area contributed by atoms with Crippen molar-refractivity contribution in [3.05, 3.63) is 71.8 Å². The van der Waals surface area contributed by atoms with Crippen LogP contribution in [-0.4, -0.2) is 43.0 Å². The van der Waals surface area contributed by atoms with E-state index in [-0.39, 0.29) is 24.5 Å². The lowest BCUT2D eigenvalue weighted by molar-refractivity contribution is -0.154. The molecule has 0 aromatic heterocycles. The molecule has 6 nitrogen and oxygen atoms in total. The molecule has 1 fully saturated rings. The van der Waals surface area contributed by atoms with Crippen molar-refractivity contribution in [1.82, 2.24) is 5.32 Å². The minimum absolute atomic E-state index is 0.0431. The highest BCUT2D eigenvalue weighted by Gasteiger charge is 2.35. The summed E-state index contributed by atoms with van der Waals surface area (Å²) in [6, 6.07) is 19.7. The third kappa shape index (κ3) is 8.17. The number of esters is 1. The van der Waals surface area contributed by atoms with Gasteiger partial charge in [0.1, 0.15) is 11.7 Å². The molecule has 2 aromatic carbocycles. The monoisotopic (exact) mass is 467 g/mol. The quantitative estimate of drug-likeness (QED) is 0.609. The fourth-order valence-corrected chi connectivity index (χ4v) is 4.39. The Balaban J connectivity index is 1.76. The molecule has 1 heterocycles. The number of alkyl carbamates (subject to hydrolysis) is 1. The van der Waals surface area contributed by atoms with Gasteiger partial charge in [-0.25, -0.2) is 9.59 Å². The van der Waals surface area contributed by atoms with Crippen LogP contribution in [0.4, 0.5) is 4.79 Å². The van der Waals surface area contributed by atoms with Gasteiger partial charge in [0.15, 0.2) is 6.04 Å². The highest BCUT2D eigenvalue weighted by molar-refractivity contribution is 5.81. The second-order valence-electron chi connectivity index (χ2n) is 10.0. The van der Waals surface area contributed by atoms with Gasteiger partial charge < -0.3 is 19.5 Å². The Morgan fingerprint density at radius 2 is 1.62 bits per heavy atom. The van der Waals surface area contributed by atoms with Gasteiger partial charge in [-0.05, 0) is 64.0 Å². The summed E-state index contributed by atoms with van der Waals surface area (Å²) in [5.74, 6) is -0.234. The first kappa shape index (κ1) is 25.8. The number of aryl methyl sites for hydroxylation is 1. The van der Waals surface area contributed by atoms with E-state index < -0.39 is 23.7 Å². The van der Waals surface area contributed by atoms with Crippen LogP contribution < -0.4 is 5.32 Å². The second kappa shape index (κ2) is 12.0. The normalized spacial score (nSPS) is 23.7. The molecular formula is C28H37NO5. The van der Waals surface area contributed by atoms with Crippen molar-refractivity contribution in [2.75, 3.05) is 13.2 Å². The van der Waals surface area contributed by atoms with Gasteiger partial charge in [-0.3, -0.25) is 0 Å². The van der Waals surface area contributed by atoms with E-state index in [2.05, 4.69) is 29.6 Å². The number of benzene rings is 2. The maximum Gasteiger partial charge on any atom is 0.408 e. The predicted molar refractivity (Wildman–Crippen MR) is 131 cm³/mol. The molecule has 3 rings (SSSR count). The lowest BCUT2D eigenvalue weighted by atomic mass is 9.80. The highest BCUT2D eigenvalue weighted by atomic mass is 16.6. The first-order chi connectivity index (χ1) is 16.2. The first-order valence-corrected chi connectivity index (χ1v) is 12.1. The molecule has 1 amide bonds. The van der Waals surface area contributed by atoms with E-state index in [1.165, 1.54) is 11.1 Å². The molecule has 1 saturated heterocycles. The van der Waals surface area contributed by atoms with Crippen LogP contribution in [0.25, 0.3) is 0 Å². The molecule has 6 heteroatoms. The van der Waals surface area contributed by atoms with Gasteiger partial charge in [-0.2, -0.15) is 0 Å². The number of nitrogens with one attached hydrogen (secondary N) is 1. The molecule has 0 unspecified atom stereocenters. The van der Waals surface area contributed by atoms with E-state index in [9.17, 15) is 9.59 Å². The van der Waals surface area contributed by atoms with Crippen LogP contribution in [-0.2, 0) is 31.8 Å². The third-order valence-corrected chi connectivity index (χ3v) is 6.05. The number of hydrogen-bond acceptors (Lipinski definition) is 5. The van der Waals surface area contributed by atoms with E-state index in [0.29, 0.717) is 6.61 Å². The van der Waals surface area contributed by atoms with Gasteiger partial charge in [-0.1, -0.05) is 60.7 Å². The van der Waals surface area contributed by atoms with Gasteiger partial charge in [0.05, 0.1) is 13.2 Å². The first-order valence-electron chi connectivity index (χ1n) is 12.1. The number of ether oxygens (including phenoxy) is 3. The molecule has 34 heavy (non-hydrogen) atoms. The molecule has 0 radical (unpaired) electrons. The molecule has 2 aromatic rings. The number of rotatable bonds is 6. The lowest BCUT2D eigenvalue weighted by Gasteiger charge is -2.31. The van der Waals surface area contributed by atoms with Crippen LogP contribution in [0, 0.1) is 11.8 Å². The van der Waals surface area contributed by atoms with E-state index >= 15 is 0 Å². The molecule has 1 N–H and O–H groups in total. The number of cyclic esters (lactones) is 1. The van der Waals surface area contributed by atoms with Crippen molar-refractivity contribution in [3.8, 4) is 0 Å². The SMILES string of the molecule is C[C@@H]1OC(=O)[C@@H](NC(=O)OC(C)(C)C)COC[C@H](Cc2ccccc2)[C@H]1CCc1ccccc1. The van der Waals surface area contributed by atoms with E-state index in [1.54, 1.807) is 20.8 Å². The number of carbonyl (C=O) groups excluding carboxylic acids is 2. The van der Waals surface area contributed by atoms with Crippen LogP contribution in [0.3, 0.4) is 0 Å². The van der Waals surface area contributed by atoms with E-state index in [0.717, 1.165) is 19.3 Å². The van der Waals surface area contributed by atoms with Crippen LogP contribution in [0.1, 0.15) is 45.2 Å². The summed E-state index contributed by atoms with van der Waals surface area (Å²) in [7, 11) is 0. The standard InChI is InChI=1S/C28H37NO5/c1-20-24(16-15-21-11-7-5-8-12-21)23(17-22-13-9-6-10-14-22)18-32-19-25(26(30)33-20)29-27(31)34-28(2,3)4/h5-14,20,23-25H,15-19H2,1-4H3,(H,29,31)/t20-,23-,24-,25-/m0/s1. The lowest BCUT2D eigenvalue weighted by Crippen LogP contribution is -2.47. The summed E-state index contributed by atoms with van der Waals surface area (Å²) in [5.41, 5.74) is 1.82. The Hall–Kier alpha value is -2.86. The van der Waals surface area contributed by atoms with Crippen LogP contribution in [0.2, 0.25) is 0 Å². The molecule has 0 aliphatic carbocycles. The molecule has 0 bridgehead atoms.